The standard InChI is InChI=1S/C16H27N3O/c1-13-7-8-16(15(18-13)12-17-2)20-11-9-14-6-4-5-10-19(14)3/h7-8,14,17H,4-6,9-12H2,1-3H3. The fourth-order valence-electron chi connectivity index (χ4n) is 2.84. The van der Waals surface area contributed by atoms with E-state index in [0.717, 1.165) is 36.7 Å². The number of aromatic nitrogens is 1. The second-order valence-electron chi connectivity index (χ2n) is 5.70. The van der Waals surface area contributed by atoms with Crippen molar-refractivity contribution in [2.75, 3.05) is 27.2 Å². The highest BCUT2D eigenvalue weighted by atomic mass is 16.5. The maximum absolute atomic E-state index is 5.97. The summed E-state index contributed by atoms with van der Waals surface area (Å²) in [5.41, 5.74) is 2.04. The van der Waals surface area contributed by atoms with Gasteiger partial charge in [-0.25, -0.2) is 0 Å². The Kier molecular flexibility index (Phi) is 5.80. The molecule has 1 aliphatic heterocycles. The lowest BCUT2D eigenvalue weighted by atomic mass is 10.0. The van der Waals surface area contributed by atoms with Crippen LogP contribution < -0.4 is 10.1 Å². The minimum absolute atomic E-state index is 0.676. The third-order valence-electron chi connectivity index (χ3n) is 4.05. The van der Waals surface area contributed by atoms with E-state index in [0.29, 0.717) is 6.04 Å². The summed E-state index contributed by atoms with van der Waals surface area (Å²) >= 11 is 0. The molecule has 1 unspecified atom stereocenters. The smallest absolute Gasteiger partial charge is 0.142 e. The van der Waals surface area contributed by atoms with Gasteiger partial charge in [0.05, 0.1) is 12.3 Å². The molecule has 0 aromatic carbocycles. The molecular weight excluding hydrogens is 250 g/mol. The van der Waals surface area contributed by atoms with Gasteiger partial charge in [-0.2, -0.15) is 0 Å². The summed E-state index contributed by atoms with van der Waals surface area (Å²) < 4.78 is 5.97. The van der Waals surface area contributed by atoms with Gasteiger partial charge >= 0.3 is 0 Å². The molecule has 0 bridgehead atoms. The number of piperidine rings is 1. The number of ether oxygens (including phenoxy) is 1. The Bertz CT molecular complexity index is 422. The number of nitrogens with zero attached hydrogens (tertiary/aromatic N) is 2. The monoisotopic (exact) mass is 277 g/mol. The van der Waals surface area contributed by atoms with Crippen molar-refractivity contribution in [3.63, 3.8) is 0 Å². The molecule has 1 aliphatic rings. The Morgan fingerprint density at radius 2 is 2.25 bits per heavy atom. The van der Waals surface area contributed by atoms with Crippen LogP contribution in [0.15, 0.2) is 12.1 Å². The molecular formula is C16H27N3O. The van der Waals surface area contributed by atoms with Crippen LogP contribution in [0.1, 0.15) is 37.1 Å². The molecule has 20 heavy (non-hydrogen) atoms. The van der Waals surface area contributed by atoms with Crippen LogP contribution in [-0.4, -0.2) is 43.2 Å². The van der Waals surface area contributed by atoms with Crippen molar-refractivity contribution in [2.45, 2.75) is 45.2 Å². The summed E-state index contributed by atoms with van der Waals surface area (Å²) in [6.07, 6.45) is 5.09. The fourth-order valence-corrected chi connectivity index (χ4v) is 2.84. The van der Waals surface area contributed by atoms with E-state index in [1.165, 1.54) is 25.8 Å². The van der Waals surface area contributed by atoms with Gasteiger partial charge in [0.15, 0.2) is 0 Å². The minimum Gasteiger partial charge on any atom is -0.492 e. The Balaban J connectivity index is 1.87. The van der Waals surface area contributed by atoms with E-state index >= 15 is 0 Å². The van der Waals surface area contributed by atoms with Gasteiger partial charge in [0.2, 0.25) is 0 Å². The van der Waals surface area contributed by atoms with Gasteiger partial charge < -0.3 is 15.0 Å². The SMILES string of the molecule is CNCc1nc(C)ccc1OCCC1CCCCN1C. The Morgan fingerprint density at radius 3 is 3.00 bits per heavy atom. The van der Waals surface area contributed by atoms with Crippen LogP contribution in [0.5, 0.6) is 5.75 Å². The van der Waals surface area contributed by atoms with E-state index in [-0.39, 0.29) is 0 Å². The molecule has 0 saturated carbocycles. The van der Waals surface area contributed by atoms with E-state index in [1.807, 2.05) is 26.1 Å². The summed E-state index contributed by atoms with van der Waals surface area (Å²) in [7, 11) is 4.16. The van der Waals surface area contributed by atoms with Gasteiger partial charge in [0.25, 0.3) is 0 Å². The molecule has 2 heterocycles. The van der Waals surface area contributed by atoms with Crippen LogP contribution in [0.2, 0.25) is 0 Å². The predicted octanol–water partition coefficient (Wildman–Crippen LogP) is 2.36. The summed E-state index contributed by atoms with van der Waals surface area (Å²) in [4.78, 5) is 7.01. The number of hydrogen-bond acceptors (Lipinski definition) is 4. The summed E-state index contributed by atoms with van der Waals surface area (Å²) in [5.74, 6) is 0.920. The van der Waals surface area contributed by atoms with Gasteiger partial charge in [-0.1, -0.05) is 6.42 Å². The van der Waals surface area contributed by atoms with E-state index in [9.17, 15) is 0 Å². The average Bonchev–Trinajstić information content (AvgIpc) is 2.43. The minimum atomic E-state index is 0.676. The van der Waals surface area contributed by atoms with Crippen LogP contribution in [0.25, 0.3) is 0 Å². The lowest BCUT2D eigenvalue weighted by Crippen LogP contribution is -2.37. The van der Waals surface area contributed by atoms with Crippen LogP contribution >= 0.6 is 0 Å². The molecule has 1 saturated heterocycles. The molecule has 4 heteroatoms. The number of aryl methyl sites for hydroxylation is 1. The second kappa shape index (κ2) is 7.60. The molecule has 1 N–H and O–H groups in total. The van der Waals surface area contributed by atoms with E-state index in [2.05, 4.69) is 22.2 Å². The van der Waals surface area contributed by atoms with Crippen LogP contribution in [0, 0.1) is 6.92 Å². The summed E-state index contributed by atoms with van der Waals surface area (Å²) in [5, 5.41) is 3.15. The van der Waals surface area contributed by atoms with Crippen molar-refractivity contribution >= 4 is 0 Å². The lowest BCUT2D eigenvalue weighted by molar-refractivity contribution is 0.152. The highest BCUT2D eigenvalue weighted by Gasteiger charge is 2.18. The van der Waals surface area contributed by atoms with Crippen molar-refractivity contribution in [3.05, 3.63) is 23.5 Å². The molecule has 0 aliphatic carbocycles. The fraction of sp³-hybridized carbons (Fsp3) is 0.688. The molecule has 1 aromatic heterocycles. The van der Waals surface area contributed by atoms with Crippen molar-refractivity contribution in [3.8, 4) is 5.75 Å². The molecule has 0 radical (unpaired) electrons. The number of nitrogens with one attached hydrogen (secondary N) is 1. The maximum Gasteiger partial charge on any atom is 0.142 e. The van der Waals surface area contributed by atoms with Crippen molar-refractivity contribution in [2.24, 2.45) is 0 Å². The maximum atomic E-state index is 5.97. The molecule has 112 valence electrons. The van der Waals surface area contributed by atoms with Crippen molar-refractivity contribution < 1.29 is 4.74 Å². The Morgan fingerprint density at radius 1 is 1.40 bits per heavy atom. The average molecular weight is 277 g/mol. The van der Waals surface area contributed by atoms with E-state index < -0.39 is 0 Å². The van der Waals surface area contributed by atoms with Gasteiger partial charge in [-0.05, 0) is 59.0 Å². The van der Waals surface area contributed by atoms with Crippen molar-refractivity contribution in [1.29, 1.82) is 0 Å². The summed E-state index contributed by atoms with van der Waals surface area (Å²) in [6, 6.07) is 4.73. The predicted molar refractivity (Wildman–Crippen MR) is 82.1 cm³/mol. The number of likely N-dealkylation sites (tertiary alicyclic amines) is 1. The highest BCUT2D eigenvalue weighted by molar-refractivity contribution is 5.29. The first-order valence-electron chi connectivity index (χ1n) is 7.65. The zero-order chi connectivity index (χ0) is 14.4. The number of hydrogen-bond donors (Lipinski definition) is 1. The normalized spacial score (nSPS) is 20.1. The van der Waals surface area contributed by atoms with Crippen molar-refractivity contribution in [1.82, 2.24) is 15.2 Å². The number of rotatable bonds is 6. The molecule has 1 atom stereocenters. The lowest BCUT2D eigenvalue weighted by Gasteiger charge is -2.32. The quantitative estimate of drug-likeness (QED) is 0.866. The highest BCUT2D eigenvalue weighted by Crippen LogP contribution is 2.20. The first-order valence-corrected chi connectivity index (χ1v) is 7.65. The zero-order valence-corrected chi connectivity index (χ0v) is 13.0. The Labute approximate surface area is 122 Å². The van der Waals surface area contributed by atoms with Crippen LogP contribution in [0.3, 0.4) is 0 Å². The third-order valence-corrected chi connectivity index (χ3v) is 4.05. The Hall–Kier alpha value is -1.13. The molecule has 0 amide bonds. The molecule has 0 spiro atoms. The molecule has 4 nitrogen and oxygen atoms in total. The second-order valence-corrected chi connectivity index (χ2v) is 5.70. The molecule has 1 fully saturated rings. The van der Waals surface area contributed by atoms with Crippen LogP contribution in [0.4, 0.5) is 0 Å². The topological polar surface area (TPSA) is 37.4 Å². The summed E-state index contributed by atoms with van der Waals surface area (Å²) in [6.45, 7) is 4.76. The van der Waals surface area contributed by atoms with Gasteiger partial charge in [-0.15, -0.1) is 0 Å². The van der Waals surface area contributed by atoms with Gasteiger partial charge in [0, 0.05) is 18.3 Å². The first kappa shape index (κ1) is 15.3. The molecule has 2 rings (SSSR count). The van der Waals surface area contributed by atoms with E-state index in [4.69, 9.17) is 4.74 Å². The molecule has 1 aromatic rings. The first-order chi connectivity index (χ1) is 9.70. The number of pyridine rings is 1. The largest absolute Gasteiger partial charge is 0.492 e. The van der Waals surface area contributed by atoms with Gasteiger partial charge in [-0.3, -0.25) is 4.98 Å². The van der Waals surface area contributed by atoms with Gasteiger partial charge in [0.1, 0.15) is 5.75 Å². The third kappa shape index (κ3) is 4.18. The van der Waals surface area contributed by atoms with E-state index in [1.54, 1.807) is 0 Å². The zero-order valence-electron chi connectivity index (χ0n) is 13.0. The van der Waals surface area contributed by atoms with Crippen LogP contribution in [-0.2, 0) is 6.54 Å².